The number of methoxy groups -OCH3 is 1. The molecule has 0 bridgehead atoms. The van der Waals surface area contributed by atoms with E-state index in [0.29, 0.717) is 13.0 Å². The molecule has 17 heavy (non-hydrogen) atoms. The van der Waals surface area contributed by atoms with E-state index in [1.807, 2.05) is 0 Å². The molecule has 2 fully saturated rings. The van der Waals surface area contributed by atoms with E-state index in [9.17, 15) is 9.90 Å². The number of carbonyl (C=O) groups is 1. The van der Waals surface area contributed by atoms with Crippen molar-refractivity contribution in [2.24, 2.45) is 0 Å². The zero-order valence-corrected chi connectivity index (χ0v) is 10.4. The number of ether oxygens (including phenoxy) is 2. The lowest BCUT2D eigenvalue weighted by molar-refractivity contribution is -0.142. The molecule has 2 unspecified atom stereocenters. The van der Waals surface area contributed by atoms with Crippen LogP contribution in [-0.4, -0.2) is 61.0 Å². The average molecular weight is 243 g/mol. The highest BCUT2D eigenvalue weighted by Crippen LogP contribution is 2.39. The van der Waals surface area contributed by atoms with E-state index in [0.717, 1.165) is 32.4 Å². The Labute approximate surface area is 102 Å². The Morgan fingerprint density at radius 3 is 3.06 bits per heavy atom. The Morgan fingerprint density at radius 1 is 1.59 bits per heavy atom. The maximum Gasteiger partial charge on any atom is 0.307 e. The minimum absolute atomic E-state index is 0.0457. The quantitative estimate of drug-likeness (QED) is 0.697. The topological polar surface area (TPSA) is 59.0 Å². The third-order valence-electron chi connectivity index (χ3n) is 3.95. The van der Waals surface area contributed by atoms with Crippen molar-refractivity contribution in [1.29, 1.82) is 0 Å². The zero-order valence-electron chi connectivity index (χ0n) is 10.4. The molecule has 1 N–H and O–H groups in total. The summed E-state index contributed by atoms with van der Waals surface area (Å²) in [5.74, 6) is -0.236. The van der Waals surface area contributed by atoms with Crippen LogP contribution in [0.2, 0.25) is 0 Å². The highest BCUT2D eigenvalue weighted by molar-refractivity contribution is 5.69. The third-order valence-corrected chi connectivity index (χ3v) is 3.95. The highest BCUT2D eigenvalue weighted by Gasteiger charge is 2.48. The van der Waals surface area contributed by atoms with Crippen molar-refractivity contribution in [2.75, 3.05) is 33.4 Å². The van der Waals surface area contributed by atoms with E-state index >= 15 is 0 Å². The molecule has 0 amide bonds. The van der Waals surface area contributed by atoms with Crippen molar-refractivity contribution in [3.63, 3.8) is 0 Å². The summed E-state index contributed by atoms with van der Waals surface area (Å²) >= 11 is 0. The van der Waals surface area contributed by atoms with Crippen molar-refractivity contribution in [3.05, 3.63) is 0 Å². The summed E-state index contributed by atoms with van der Waals surface area (Å²) in [6.45, 7) is 2.55. The van der Waals surface area contributed by atoms with Gasteiger partial charge in [0, 0.05) is 12.1 Å². The first-order valence-electron chi connectivity index (χ1n) is 6.24. The smallest absolute Gasteiger partial charge is 0.307 e. The second kappa shape index (κ2) is 5.33. The van der Waals surface area contributed by atoms with Crippen LogP contribution in [0, 0.1) is 0 Å². The first-order chi connectivity index (χ1) is 8.20. The van der Waals surface area contributed by atoms with E-state index in [4.69, 9.17) is 4.74 Å². The predicted molar refractivity (Wildman–Crippen MR) is 61.6 cm³/mol. The molecule has 0 spiro atoms. The second-order valence-corrected chi connectivity index (χ2v) is 4.96. The lowest BCUT2D eigenvalue weighted by atomic mass is 9.94. The van der Waals surface area contributed by atoms with Crippen LogP contribution in [-0.2, 0) is 14.3 Å². The molecule has 5 heteroatoms. The van der Waals surface area contributed by atoms with Crippen molar-refractivity contribution in [1.82, 2.24) is 4.90 Å². The Morgan fingerprint density at radius 2 is 2.41 bits per heavy atom. The van der Waals surface area contributed by atoms with Gasteiger partial charge < -0.3 is 14.6 Å². The summed E-state index contributed by atoms with van der Waals surface area (Å²) < 4.78 is 10.2. The molecular weight excluding hydrogens is 222 g/mol. The van der Waals surface area contributed by atoms with Crippen molar-refractivity contribution < 1.29 is 19.4 Å². The number of rotatable bonds is 5. The summed E-state index contributed by atoms with van der Waals surface area (Å²) in [6.07, 6.45) is 3.55. The SMILES string of the molecule is COC(=O)CCOC1CN2CCCC2(CO)C1. The molecule has 0 aromatic carbocycles. The molecule has 2 heterocycles. The molecule has 2 aliphatic rings. The van der Waals surface area contributed by atoms with Gasteiger partial charge in [0.1, 0.15) is 0 Å². The van der Waals surface area contributed by atoms with E-state index in [-0.39, 0.29) is 24.2 Å². The van der Waals surface area contributed by atoms with E-state index in [1.54, 1.807) is 0 Å². The number of fused-ring (bicyclic) bond motifs is 1. The second-order valence-electron chi connectivity index (χ2n) is 4.96. The maximum absolute atomic E-state index is 10.9. The fraction of sp³-hybridized carbons (Fsp3) is 0.917. The van der Waals surface area contributed by atoms with Crippen LogP contribution in [0.5, 0.6) is 0 Å². The van der Waals surface area contributed by atoms with Crippen LogP contribution < -0.4 is 0 Å². The van der Waals surface area contributed by atoms with Crippen LogP contribution in [0.4, 0.5) is 0 Å². The van der Waals surface area contributed by atoms with Gasteiger partial charge in [0.25, 0.3) is 0 Å². The molecule has 2 rings (SSSR count). The molecule has 0 radical (unpaired) electrons. The molecule has 2 saturated heterocycles. The Bertz CT molecular complexity index is 284. The Kier molecular flexibility index (Phi) is 4.01. The average Bonchev–Trinajstić information content (AvgIpc) is 2.85. The fourth-order valence-corrected chi connectivity index (χ4v) is 3.01. The van der Waals surface area contributed by atoms with Gasteiger partial charge in [-0.05, 0) is 25.8 Å². The first-order valence-corrected chi connectivity index (χ1v) is 6.24. The Balaban J connectivity index is 1.76. The zero-order chi connectivity index (χ0) is 12.3. The summed E-state index contributed by atoms with van der Waals surface area (Å²) in [6, 6.07) is 0. The van der Waals surface area contributed by atoms with Crippen molar-refractivity contribution >= 4 is 5.97 Å². The maximum atomic E-state index is 10.9. The first kappa shape index (κ1) is 12.8. The minimum Gasteiger partial charge on any atom is -0.469 e. The number of hydrogen-bond acceptors (Lipinski definition) is 5. The van der Waals surface area contributed by atoms with Gasteiger partial charge in [-0.2, -0.15) is 0 Å². The summed E-state index contributed by atoms with van der Waals surface area (Å²) in [4.78, 5) is 13.3. The molecule has 0 saturated carbocycles. The Hall–Kier alpha value is -0.650. The van der Waals surface area contributed by atoms with Crippen LogP contribution in [0.1, 0.15) is 25.7 Å². The van der Waals surface area contributed by atoms with Gasteiger partial charge in [-0.1, -0.05) is 0 Å². The van der Waals surface area contributed by atoms with Gasteiger partial charge in [0.2, 0.25) is 0 Å². The largest absolute Gasteiger partial charge is 0.469 e. The standard InChI is InChI=1S/C12H21NO4/c1-16-11(15)3-6-17-10-7-12(9-14)4-2-5-13(12)8-10/h10,14H,2-9H2,1H3. The van der Waals surface area contributed by atoms with E-state index in [2.05, 4.69) is 9.64 Å². The third kappa shape index (κ3) is 2.61. The summed E-state index contributed by atoms with van der Waals surface area (Å²) in [7, 11) is 1.38. The van der Waals surface area contributed by atoms with E-state index < -0.39 is 0 Å². The molecule has 0 aromatic heterocycles. The number of nitrogens with zero attached hydrogens (tertiary/aromatic N) is 1. The van der Waals surface area contributed by atoms with Crippen LogP contribution >= 0.6 is 0 Å². The number of hydrogen-bond donors (Lipinski definition) is 1. The monoisotopic (exact) mass is 243 g/mol. The van der Waals surface area contributed by atoms with Gasteiger partial charge >= 0.3 is 5.97 Å². The number of aliphatic hydroxyl groups excluding tert-OH is 1. The van der Waals surface area contributed by atoms with Crippen LogP contribution in [0.3, 0.4) is 0 Å². The van der Waals surface area contributed by atoms with Crippen molar-refractivity contribution in [3.8, 4) is 0 Å². The lowest BCUT2D eigenvalue weighted by Gasteiger charge is -2.28. The fourth-order valence-electron chi connectivity index (χ4n) is 3.01. The van der Waals surface area contributed by atoms with Gasteiger partial charge in [0.05, 0.1) is 32.8 Å². The molecule has 2 atom stereocenters. The van der Waals surface area contributed by atoms with Gasteiger partial charge in [-0.25, -0.2) is 0 Å². The van der Waals surface area contributed by atoms with E-state index in [1.165, 1.54) is 7.11 Å². The summed E-state index contributed by atoms with van der Waals surface area (Å²) in [5, 5.41) is 9.53. The highest BCUT2D eigenvalue weighted by atomic mass is 16.5. The van der Waals surface area contributed by atoms with Gasteiger partial charge in [-0.15, -0.1) is 0 Å². The molecule has 98 valence electrons. The summed E-state index contributed by atoms with van der Waals surface area (Å²) in [5.41, 5.74) is -0.0457. The van der Waals surface area contributed by atoms with Crippen LogP contribution in [0.15, 0.2) is 0 Å². The number of esters is 1. The normalized spacial score (nSPS) is 32.7. The van der Waals surface area contributed by atoms with Gasteiger partial charge in [0.15, 0.2) is 0 Å². The van der Waals surface area contributed by atoms with Gasteiger partial charge in [-0.3, -0.25) is 9.69 Å². The number of aliphatic hydroxyl groups is 1. The minimum atomic E-state index is -0.236. The molecular formula is C12H21NO4. The number of carbonyl (C=O) groups excluding carboxylic acids is 1. The molecule has 2 aliphatic heterocycles. The lowest BCUT2D eigenvalue weighted by Crippen LogP contribution is -2.41. The molecule has 0 aliphatic carbocycles. The van der Waals surface area contributed by atoms with Crippen molar-refractivity contribution in [2.45, 2.75) is 37.3 Å². The molecule has 5 nitrogen and oxygen atoms in total. The predicted octanol–water partition coefficient (Wildman–Crippen LogP) is 0.165. The molecule has 0 aromatic rings. The van der Waals surface area contributed by atoms with Crippen LogP contribution in [0.25, 0.3) is 0 Å².